The molecule has 1 aliphatic rings. The van der Waals surface area contributed by atoms with Gasteiger partial charge in [0.15, 0.2) is 0 Å². The molecule has 1 aromatic rings. The maximum atomic E-state index is 12.6. The molecule has 1 saturated carbocycles. The van der Waals surface area contributed by atoms with Crippen molar-refractivity contribution in [3.63, 3.8) is 0 Å². The van der Waals surface area contributed by atoms with Crippen molar-refractivity contribution in [2.24, 2.45) is 0 Å². The lowest BCUT2D eigenvalue weighted by Gasteiger charge is -2.02. The minimum atomic E-state index is -2.65. The second-order valence-electron chi connectivity index (χ2n) is 4.26. The summed E-state index contributed by atoms with van der Waals surface area (Å²) in [6, 6.07) is 0. The summed E-state index contributed by atoms with van der Waals surface area (Å²) in [7, 11) is 0. The van der Waals surface area contributed by atoms with E-state index in [2.05, 4.69) is 4.98 Å². The van der Waals surface area contributed by atoms with Crippen molar-refractivity contribution in [1.82, 2.24) is 4.98 Å². The van der Waals surface area contributed by atoms with Crippen LogP contribution in [0.3, 0.4) is 0 Å². The Morgan fingerprint density at radius 3 is 2.33 bits per heavy atom. The summed E-state index contributed by atoms with van der Waals surface area (Å²) in [6.07, 6.45) is -1.58. The number of aromatic nitrogens is 1. The van der Waals surface area contributed by atoms with Crippen molar-refractivity contribution in [1.29, 1.82) is 0 Å². The molecule has 1 N–H and O–H groups in total. The van der Waals surface area contributed by atoms with Crippen LogP contribution in [0, 0.1) is 0 Å². The Balaban J connectivity index is 2.40. The van der Waals surface area contributed by atoms with Gasteiger partial charge in [0.25, 0.3) is 6.43 Å². The molecule has 0 atom stereocenters. The van der Waals surface area contributed by atoms with E-state index in [0.717, 1.165) is 0 Å². The number of nitrogens with zero attached hydrogens (tertiary/aromatic N) is 1. The summed E-state index contributed by atoms with van der Waals surface area (Å²) in [5.41, 5.74) is -1.42. The monoisotopic (exact) mass is 217 g/mol. The molecule has 0 aromatic carbocycles. The molecule has 0 spiro atoms. The van der Waals surface area contributed by atoms with Gasteiger partial charge in [0.05, 0.1) is 0 Å². The Bertz CT molecular complexity index is 344. The summed E-state index contributed by atoms with van der Waals surface area (Å²) in [6.45, 7) is 3.51. The first-order valence-electron chi connectivity index (χ1n) is 4.95. The van der Waals surface area contributed by atoms with Crippen LogP contribution in [0.1, 0.15) is 56.4 Å². The van der Waals surface area contributed by atoms with Crippen molar-refractivity contribution < 1.29 is 18.3 Å². The number of hydrogen-bond donors (Lipinski definition) is 1. The summed E-state index contributed by atoms with van der Waals surface area (Å²) < 4.78 is 30.4. The number of oxazole rings is 1. The highest BCUT2D eigenvalue weighted by atomic mass is 19.3. The van der Waals surface area contributed by atoms with Gasteiger partial charge in [0.2, 0.25) is 5.89 Å². The fourth-order valence-corrected chi connectivity index (χ4v) is 1.45. The van der Waals surface area contributed by atoms with Crippen molar-refractivity contribution in [2.75, 3.05) is 0 Å². The molecule has 0 bridgehead atoms. The predicted octanol–water partition coefficient (Wildman–Crippen LogP) is 2.72. The Hall–Kier alpha value is -0.970. The van der Waals surface area contributed by atoms with Gasteiger partial charge in [-0.2, -0.15) is 0 Å². The third-order valence-corrected chi connectivity index (χ3v) is 2.53. The van der Waals surface area contributed by atoms with Crippen molar-refractivity contribution in [3.8, 4) is 0 Å². The second-order valence-corrected chi connectivity index (χ2v) is 4.26. The number of halogens is 2. The first-order chi connectivity index (χ1) is 6.94. The highest BCUT2D eigenvalue weighted by molar-refractivity contribution is 5.19. The number of alkyl halides is 2. The second kappa shape index (κ2) is 3.27. The summed E-state index contributed by atoms with van der Waals surface area (Å²) in [4.78, 5) is 3.70. The normalized spacial score (nSPS) is 18.9. The van der Waals surface area contributed by atoms with E-state index in [1.807, 2.05) is 0 Å². The van der Waals surface area contributed by atoms with Crippen LogP contribution in [0.4, 0.5) is 8.78 Å². The first-order valence-corrected chi connectivity index (χ1v) is 4.95. The maximum Gasteiger partial charge on any atom is 0.283 e. The summed E-state index contributed by atoms with van der Waals surface area (Å²) in [5.74, 6) is 0.0689. The molecule has 1 aromatic heterocycles. The van der Waals surface area contributed by atoms with Gasteiger partial charge < -0.3 is 9.52 Å². The van der Waals surface area contributed by atoms with Crippen LogP contribution in [-0.2, 0) is 5.60 Å². The number of aliphatic hydroxyl groups is 1. The van der Waals surface area contributed by atoms with Gasteiger partial charge in [-0.05, 0) is 12.8 Å². The molecule has 0 amide bonds. The molecular formula is C10H13F2NO2. The molecule has 84 valence electrons. The molecular weight excluding hydrogens is 204 g/mol. The molecule has 0 aliphatic heterocycles. The predicted molar refractivity (Wildman–Crippen MR) is 48.7 cm³/mol. The molecule has 5 heteroatoms. The summed E-state index contributed by atoms with van der Waals surface area (Å²) in [5, 5.41) is 9.70. The maximum absolute atomic E-state index is 12.6. The zero-order valence-electron chi connectivity index (χ0n) is 8.63. The van der Waals surface area contributed by atoms with Gasteiger partial charge in [-0.25, -0.2) is 13.8 Å². The molecule has 1 heterocycles. The topological polar surface area (TPSA) is 46.3 Å². The fraction of sp³-hybridized carbons (Fsp3) is 0.700. The summed E-state index contributed by atoms with van der Waals surface area (Å²) >= 11 is 0. The average Bonchev–Trinajstić information content (AvgIpc) is 2.74. The third-order valence-electron chi connectivity index (χ3n) is 2.53. The number of hydrogen-bond acceptors (Lipinski definition) is 3. The fourth-order valence-electron chi connectivity index (χ4n) is 1.45. The van der Waals surface area contributed by atoms with E-state index in [9.17, 15) is 13.9 Å². The van der Waals surface area contributed by atoms with E-state index in [-0.39, 0.29) is 23.3 Å². The van der Waals surface area contributed by atoms with E-state index in [1.54, 1.807) is 13.8 Å². The molecule has 0 unspecified atom stereocenters. The van der Waals surface area contributed by atoms with E-state index < -0.39 is 12.0 Å². The highest BCUT2D eigenvalue weighted by Crippen LogP contribution is 2.46. The van der Waals surface area contributed by atoms with Crippen LogP contribution in [0.25, 0.3) is 0 Å². The standard InChI is InChI=1S/C10H13F2NO2/c1-5(2)7-6(8(11)12)13-9(15-7)10(14)3-4-10/h5,8,14H,3-4H2,1-2H3. The van der Waals surface area contributed by atoms with Gasteiger partial charge in [-0.15, -0.1) is 0 Å². The van der Waals surface area contributed by atoms with Crippen molar-refractivity contribution in [3.05, 3.63) is 17.3 Å². The van der Waals surface area contributed by atoms with E-state index in [4.69, 9.17) is 4.42 Å². The lowest BCUT2D eigenvalue weighted by molar-refractivity contribution is 0.114. The molecule has 0 saturated heterocycles. The third kappa shape index (κ3) is 1.76. The van der Waals surface area contributed by atoms with Gasteiger partial charge in [-0.3, -0.25) is 0 Å². The average molecular weight is 217 g/mol. The van der Waals surface area contributed by atoms with Crippen LogP contribution in [0.2, 0.25) is 0 Å². The molecule has 0 radical (unpaired) electrons. The molecule has 15 heavy (non-hydrogen) atoms. The van der Waals surface area contributed by atoms with Gasteiger partial charge >= 0.3 is 0 Å². The van der Waals surface area contributed by atoms with Crippen LogP contribution in [0.5, 0.6) is 0 Å². The lowest BCUT2D eigenvalue weighted by Crippen LogP contribution is -2.04. The Kier molecular flexibility index (Phi) is 2.30. The SMILES string of the molecule is CC(C)c1oc(C2(O)CC2)nc1C(F)F. The Labute approximate surface area is 86.1 Å². The zero-order chi connectivity index (χ0) is 11.2. The van der Waals surface area contributed by atoms with Crippen molar-refractivity contribution >= 4 is 0 Å². The van der Waals surface area contributed by atoms with Crippen LogP contribution in [0.15, 0.2) is 4.42 Å². The van der Waals surface area contributed by atoms with Gasteiger partial charge in [0, 0.05) is 5.92 Å². The molecule has 3 nitrogen and oxygen atoms in total. The largest absolute Gasteiger partial charge is 0.442 e. The van der Waals surface area contributed by atoms with Crippen LogP contribution < -0.4 is 0 Å². The molecule has 1 aliphatic carbocycles. The van der Waals surface area contributed by atoms with E-state index in [0.29, 0.717) is 12.8 Å². The van der Waals surface area contributed by atoms with E-state index >= 15 is 0 Å². The highest BCUT2D eigenvalue weighted by Gasteiger charge is 2.48. The lowest BCUT2D eigenvalue weighted by atomic mass is 10.1. The van der Waals surface area contributed by atoms with E-state index in [1.165, 1.54) is 0 Å². The molecule has 1 fully saturated rings. The first kappa shape index (κ1) is 10.5. The van der Waals surface area contributed by atoms with Gasteiger partial charge in [0.1, 0.15) is 17.1 Å². The minimum absolute atomic E-state index is 0.0431. The Morgan fingerprint density at radius 1 is 1.40 bits per heavy atom. The smallest absolute Gasteiger partial charge is 0.283 e. The molecule has 2 rings (SSSR count). The minimum Gasteiger partial charge on any atom is -0.442 e. The quantitative estimate of drug-likeness (QED) is 0.846. The van der Waals surface area contributed by atoms with Crippen LogP contribution >= 0.6 is 0 Å². The van der Waals surface area contributed by atoms with Crippen LogP contribution in [-0.4, -0.2) is 10.1 Å². The Morgan fingerprint density at radius 2 is 2.00 bits per heavy atom. The zero-order valence-corrected chi connectivity index (χ0v) is 8.63. The van der Waals surface area contributed by atoms with Gasteiger partial charge in [-0.1, -0.05) is 13.8 Å². The number of rotatable bonds is 3. The van der Waals surface area contributed by atoms with Crippen molar-refractivity contribution in [2.45, 2.75) is 44.6 Å².